The molecule has 1 unspecified atom stereocenters. The lowest BCUT2D eigenvalue weighted by Crippen LogP contribution is -2.44. The van der Waals surface area contributed by atoms with Crippen LogP contribution in [0.2, 0.25) is 18.1 Å². The van der Waals surface area contributed by atoms with Gasteiger partial charge < -0.3 is 4.43 Å². The van der Waals surface area contributed by atoms with Crippen LogP contribution in [0.5, 0.6) is 0 Å². The van der Waals surface area contributed by atoms with Crippen LogP contribution in [-0.4, -0.2) is 28.9 Å². The lowest BCUT2D eigenvalue weighted by Gasteiger charge is -2.37. The molecule has 0 spiro atoms. The van der Waals surface area contributed by atoms with E-state index in [1.54, 1.807) is 6.07 Å². The minimum absolute atomic E-state index is 0.0803. The summed E-state index contributed by atoms with van der Waals surface area (Å²) in [7, 11) is -3.22. The first-order valence-electron chi connectivity index (χ1n) is 8.17. The molecule has 0 aliphatic carbocycles. The first kappa shape index (κ1) is 21.4. The SMILES string of the molecule is CC(C)(C)S(=O)N[C@H](CO[Si](C)(C)C(C)(C)C)c1ccc(F)cn1. The van der Waals surface area contributed by atoms with Crippen LogP contribution in [0, 0.1) is 5.82 Å². The van der Waals surface area contributed by atoms with Gasteiger partial charge in [-0.3, -0.25) is 4.98 Å². The molecule has 4 nitrogen and oxygen atoms in total. The number of nitrogens with one attached hydrogen (secondary N) is 1. The molecule has 0 fully saturated rings. The van der Waals surface area contributed by atoms with Gasteiger partial charge in [-0.05, 0) is 51.0 Å². The fourth-order valence-corrected chi connectivity index (χ4v) is 3.40. The van der Waals surface area contributed by atoms with Gasteiger partial charge in [0.2, 0.25) is 0 Å². The van der Waals surface area contributed by atoms with Crippen LogP contribution < -0.4 is 4.72 Å². The third kappa shape index (κ3) is 6.02. The van der Waals surface area contributed by atoms with E-state index < -0.39 is 24.1 Å². The summed E-state index contributed by atoms with van der Waals surface area (Å²) in [5.74, 6) is -0.389. The van der Waals surface area contributed by atoms with Crippen LogP contribution in [0.3, 0.4) is 0 Å². The predicted octanol–water partition coefficient (Wildman–Crippen LogP) is 4.34. The molecular formula is C17H31FN2O2SSi. The first-order chi connectivity index (χ1) is 10.7. The lowest BCUT2D eigenvalue weighted by molar-refractivity contribution is 0.255. The van der Waals surface area contributed by atoms with Gasteiger partial charge in [0, 0.05) is 0 Å². The van der Waals surface area contributed by atoms with Crippen molar-refractivity contribution in [2.24, 2.45) is 0 Å². The molecule has 0 radical (unpaired) electrons. The van der Waals surface area contributed by atoms with Gasteiger partial charge in [-0.1, -0.05) is 20.8 Å². The minimum atomic E-state index is -1.95. The van der Waals surface area contributed by atoms with Gasteiger partial charge in [-0.2, -0.15) is 0 Å². The highest BCUT2D eigenvalue weighted by atomic mass is 32.2. The van der Waals surface area contributed by atoms with Crippen LogP contribution in [0.15, 0.2) is 18.3 Å². The Balaban J connectivity index is 2.98. The highest BCUT2D eigenvalue weighted by Crippen LogP contribution is 2.37. The molecule has 0 aliphatic heterocycles. The van der Waals surface area contributed by atoms with Gasteiger partial charge in [0.05, 0.1) is 40.3 Å². The molecule has 1 N–H and O–H groups in total. The predicted molar refractivity (Wildman–Crippen MR) is 101 cm³/mol. The number of pyridine rings is 1. The zero-order valence-electron chi connectivity index (χ0n) is 16.1. The molecule has 1 aromatic rings. The van der Waals surface area contributed by atoms with E-state index >= 15 is 0 Å². The van der Waals surface area contributed by atoms with E-state index in [1.165, 1.54) is 12.3 Å². The molecule has 1 aromatic heterocycles. The molecule has 0 amide bonds. The van der Waals surface area contributed by atoms with E-state index in [2.05, 4.69) is 43.6 Å². The summed E-state index contributed by atoms with van der Waals surface area (Å²) in [5.41, 5.74) is 0.632. The van der Waals surface area contributed by atoms with Crippen molar-refractivity contribution in [1.29, 1.82) is 0 Å². The van der Waals surface area contributed by atoms with Gasteiger partial charge in [-0.15, -0.1) is 0 Å². The Hall–Kier alpha value is -0.633. The van der Waals surface area contributed by atoms with Gasteiger partial charge in [-0.25, -0.2) is 13.3 Å². The molecule has 0 bridgehead atoms. The summed E-state index contributed by atoms with van der Waals surface area (Å²) in [6, 6.07) is 2.63. The molecule has 0 saturated carbocycles. The minimum Gasteiger partial charge on any atom is -0.415 e. The number of hydrogen-bond donors (Lipinski definition) is 1. The maximum Gasteiger partial charge on any atom is 0.192 e. The lowest BCUT2D eigenvalue weighted by atomic mass is 10.2. The summed E-state index contributed by atoms with van der Waals surface area (Å²) in [6.07, 6.45) is 1.18. The number of halogens is 1. The fourth-order valence-electron chi connectivity index (χ4n) is 1.59. The highest BCUT2D eigenvalue weighted by molar-refractivity contribution is 7.84. The van der Waals surface area contributed by atoms with Crippen LogP contribution in [-0.2, 0) is 15.4 Å². The average Bonchev–Trinajstić information content (AvgIpc) is 2.42. The maximum atomic E-state index is 13.2. The summed E-state index contributed by atoms with van der Waals surface area (Å²) in [6.45, 7) is 16.9. The summed E-state index contributed by atoms with van der Waals surface area (Å²) >= 11 is 0. The van der Waals surface area contributed by atoms with Crippen molar-refractivity contribution < 1.29 is 13.0 Å². The molecule has 0 saturated heterocycles. The van der Waals surface area contributed by atoms with Crippen LogP contribution in [0.4, 0.5) is 4.39 Å². The van der Waals surface area contributed by atoms with E-state index in [0.29, 0.717) is 12.3 Å². The van der Waals surface area contributed by atoms with Crippen molar-refractivity contribution in [3.05, 3.63) is 29.8 Å². The molecular weight excluding hydrogens is 343 g/mol. The Morgan fingerprint density at radius 2 is 1.83 bits per heavy atom. The summed E-state index contributed by atoms with van der Waals surface area (Å²) in [4.78, 5) is 4.14. The monoisotopic (exact) mass is 374 g/mol. The Labute approximate surface area is 149 Å². The summed E-state index contributed by atoms with van der Waals surface area (Å²) < 4.78 is 34.6. The average molecular weight is 375 g/mol. The van der Waals surface area contributed by atoms with E-state index in [9.17, 15) is 8.60 Å². The second-order valence-corrected chi connectivity index (χ2v) is 15.3. The molecule has 1 rings (SSSR count). The smallest absolute Gasteiger partial charge is 0.192 e. The largest absolute Gasteiger partial charge is 0.415 e. The topological polar surface area (TPSA) is 51.2 Å². The van der Waals surface area contributed by atoms with E-state index in [1.807, 2.05) is 20.8 Å². The molecule has 1 heterocycles. The molecule has 24 heavy (non-hydrogen) atoms. The Morgan fingerprint density at radius 1 is 1.25 bits per heavy atom. The Kier molecular flexibility index (Phi) is 6.89. The standard InChI is InChI=1S/C17H31FN2O2SSi/c1-16(2,3)23(21)20-15(14-10-9-13(18)11-19-14)12-22-24(7,8)17(4,5)6/h9-11,15,20H,12H2,1-8H3/t15-,23?/m1/s1. The van der Waals surface area contributed by atoms with Gasteiger partial charge in [0.25, 0.3) is 0 Å². The van der Waals surface area contributed by atoms with Gasteiger partial charge in [0.15, 0.2) is 8.32 Å². The van der Waals surface area contributed by atoms with Crippen molar-refractivity contribution in [2.45, 2.75) is 70.5 Å². The summed E-state index contributed by atoms with van der Waals surface area (Å²) in [5, 5.41) is 0.0803. The maximum absolute atomic E-state index is 13.2. The number of hydrogen-bond acceptors (Lipinski definition) is 3. The molecule has 2 atom stereocenters. The van der Waals surface area contributed by atoms with E-state index in [4.69, 9.17) is 4.43 Å². The first-order valence-corrected chi connectivity index (χ1v) is 12.2. The van der Waals surface area contributed by atoms with Crippen molar-refractivity contribution in [2.75, 3.05) is 6.61 Å². The normalized spacial score (nSPS) is 16.0. The van der Waals surface area contributed by atoms with E-state index in [-0.39, 0.29) is 16.9 Å². The van der Waals surface area contributed by atoms with Gasteiger partial charge in [0.1, 0.15) is 5.82 Å². The number of nitrogens with zero attached hydrogens (tertiary/aromatic N) is 1. The zero-order chi connectivity index (χ0) is 18.8. The van der Waals surface area contributed by atoms with Crippen LogP contribution >= 0.6 is 0 Å². The quantitative estimate of drug-likeness (QED) is 0.754. The molecule has 7 heteroatoms. The second-order valence-electron chi connectivity index (χ2n) is 8.52. The van der Waals surface area contributed by atoms with Crippen LogP contribution in [0.1, 0.15) is 53.3 Å². The number of aromatic nitrogens is 1. The highest BCUT2D eigenvalue weighted by Gasteiger charge is 2.38. The fraction of sp³-hybridized carbons (Fsp3) is 0.706. The van der Waals surface area contributed by atoms with Crippen molar-refractivity contribution in [1.82, 2.24) is 9.71 Å². The molecule has 0 aliphatic rings. The van der Waals surface area contributed by atoms with Crippen molar-refractivity contribution >= 4 is 19.3 Å². The Morgan fingerprint density at radius 3 is 2.25 bits per heavy atom. The third-order valence-electron chi connectivity index (χ3n) is 4.33. The third-order valence-corrected chi connectivity index (χ3v) is 10.4. The van der Waals surface area contributed by atoms with Gasteiger partial charge >= 0.3 is 0 Å². The van der Waals surface area contributed by atoms with E-state index in [0.717, 1.165) is 0 Å². The molecule has 138 valence electrons. The zero-order valence-corrected chi connectivity index (χ0v) is 17.9. The molecule has 0 aromatic carbocycles. The Bertz CT molecular complexity index is 565. The number of rotatable bonds is 6. The van der Waals surface area contributed by atoms with Crippen molar-refractivity contribution in [3.8, 4) is 0 Å². The van der Waals surface area contributed by atoms with Crippen LogP contribution in [0.25, 0.3) is 0 Å². The second kappa shape index (κ2) is 7.72. The van der Waals surface area contributed by atoms with Crippen molar-refractivity contribution in [3.63, 3.8) is 0 Å².